The topological polar surface area (TPSA) is 45.2 Å². The average Bonchev–Trinajstić information content (AvgIpc) is 3.10. The van der Waals surface area contributed by atoms with E-state index in [1.807, 2.05) is 0 Å². The summed E-state index contributed by atoms with van der Waals surface area (Å²) >= 11 is 2.78. The summed E-state index contributed by atoms with van der Waals surface area (Å²) in [6.07, 6.45) is 0. The number of amides is 1. The molecule has 1 aromatic carbocycles. The van der Waals surface area contributed by atoms with Gasteiger partial charge in [-0.2, -0.15) is 0 Å². The molecule has 3 aromatic rings. The zero-order valence-corrected chi connectivity index (χ0v) is 14.7. The molecule has 2 heterocycles. The summed E-state index contributed by atoms with van der Waals surface area (Å²) in [5.74, 6) is -1.92. The maximum absolute atomic E-state index is 13.6. The monoisotopic (exact) mass is 367 g/mol. The molecule has 0 fully saturated rings. The predicted octanol–water partition coefficient (Wildman–Crippen LogP) is 4.73. The molecule has 8 heteroatoms. The number of anilines is 2. The number of nitrogens with one attached hydrogen (secondary N) is 1. The van der Waals surface area contributed by atoms with Crippen molar-refractivity contribution in [2.75, 3.05) is 23.3 Å². The molecule has 0 aliphatic carbocycles. The highest BCUT2D eigenvalue weighted by molar-refractivity contribution is 7.29. The number of hydrogen-bond donors (Lipinski definition) is 1. The quantitative estimate of drug-likeness (QED) is 0.709. The number of halogens is 2. The second kappa shape index (κ2) is 6.82. The van der Waals surface area contributed by atoms with E-state index in [0.29, 0.717) is 4.88 Å². The molecule has 0 saturated heterocycles. The van der Waals surface area contributed by atoms with Crippen molar-refractivity contribution in [2.45, 2.75) is 13.8 Å². The third-order valence-electron chi connectivity index (χ3n) is 3.52. The molecule has 0 bridgehead atoms. The second-order valence-electron chi connectivity index (χ2n) is 5.03. The Morgan fingerprint density at radius 3 is 2.58 bits per heavy atom. The van der Waals surface area contributed by atoms with Crippen molar-refractivity contribution in [3.63, 3.8) is 0 Å². The minimum atomic E-state index is -0.802. The highest BCUT2D eigenvalue weighted by atomic mass is 32.1. The molecule has 1 N–H and O–H groups in total. The van der Waals surface area contributed by atoms with Crippen LogP contribution in [0.15, 0.2) is 24.3 Å². The van der Waals surface area contributed by atoms with Gasteiger partial charge in [-0.25, -0.2) is 13.8 Å². The molecule has 0 aliphatic rings. The molecule has 0 radical (unpaired) electrons. The first kappa shape index (κ1) is 16.8. The zero-order chi connectivity index (χ0) is 17.3. The number of hydrogen-bond acceptors (Lipinski definition) is 5. The van der Waals surface area contributed by atoms with Crippen LogP contribution in [0.25, 0.3) is 9.53 Å². The first-order valence-corrected chi connectivity index (χ1v) is 9.06. The van der Waals surface area contributed by atoms with E-state index in [-0.39, 0.29) is 5.69 Å². The largest absolute Gasteiger partial charge is 0.349 e. The molecule has 24 heavy (non-hydrogen) atoms. The first-order chi connectivity index (χ1) is 11.5. The van der Waals surface area contributed by atoms with Crippen molar-refractivity contribution in [1.82, 2.24) is 4.98 Å². The van der Waals surface area contributed by atoms with Gasteiger partial charge in [-0.3, -0.25) is 4.79 Å². The van der Waals surface area contributed by atoms with Crippen molar-refractivity contribution in [1.29, 1.82) is 0 Å². The van der Waals surface area contributed by atoms with Crippen molar-refractivity contribution >= 4 is 48.9 Å². The molecular weight excluding hydrogens is 352 g/mol. The first-order valence-electron chi connectivity index (χ1n) is 7.43. The van der Waals surface area contributed by atoms with Gasteiger partial charge in [-0.05, 0) is 32.0 Å². The molecule has 0 saturated carbocycles. The summed E-state index contributed by atoms with van der Waals surface area (Å²) in [5, 5.41) is 3.39. The van der Waals surface area contributed by atoms with Crippen molar-refractivity contribution in [3.8, 4) is 0 Å². The Morgan fingerprint density at radius 1 is 1.21 bits per heavy atom. The van der Waals surface area contributed by atoms with E-state index in [1.54, 1.807) is 6.07 Å². The van der Waals surface area contributed by atoms with Gasteiger partial charge in [0.1, 0.15) is 16.5 Å². The summed E-state index contributed by atoms with van der Waals surface area (Å²) in [4.78, 5) is 20.2. The van der Waals surface area contributed by atoms with Crippen LogP contribution in [-0.2, 0) is 0 Å². The maximum Gasteiger partial charge on any atom is 0.265 e. The van der Waals surface area contributed by atoms with Crippen LogP contribution in [0, 0.1) is 11.6 Å². The van der Waals surface area contributed by atoms with Gasteiger partial charge in [0.15, 0.2) is 5.13 Å². The highest BCUT2D eigenvalue weighted by Crippen LogP contribution is 2.35. The third-order valence-corrected chi connectivity index (χ3v) is 5.74. The minimum absolute atomic E-state index is 0.0463. The van der Waals surface area contributed by atoms with Crippen LogP contribution in [0.5, 0.6) is 0 Å². The lowest BCUT2D eigenvalue weighted by Crippen LogP contribution is -2.21. The summed E-state index contributed by atoms with van der Waals surface area (Å²) in [6, 6.07) is 4.79. The second-order valence-corrected chi connectivity index (χ2v) is 7.07. The maximum atomic E-state index is 13.6. The number of nitrogens with zero attached hydrogens (tertiary/aromatic N) is 2. The molecule has 4 nitrogen and oxygen atoms in total. The van der Waals surface area contributed by atoms with E-state index in [0.717, 1.165) is 39.9 Å². The van der Waals surface area contributed by atoms with Gasteiger partial charge in [-0.15, -0.1) is 11.3 Å². The van der Waals surface area contributed by atoms with E-state index < -0.39 is 17.5 Å². The number of carbonyl (C=O) groups excluding carboxylic acids is 1. The minimum Gasteiger partial charge on any atom is -0.349 e. The van der Waals surface area contributed by atoms with E-state index in [2.05, 4.69) is 29.0 Å². The van der Waals surface area contributed by atoms with Crippen molar-refractivity contribution in [3.05, 3.63) is 40.8 Å². The van der Waals surface area contributed by atoms with Gasteiger partial charge in [0.2, 0.25) is 0 Å². The predicted molar refractivity (Wildman–Crippen MR) is 95.4 cm³/mol. The van der Waals surface area contributed by atoms with E-state index in [4.69, 9.17) is 0 Å². The van der Waals surface area contributed by atoms with E-state index in [1.165, 1.54) is 28.7 Å². The van der Waals surface area contributed by atoms with Crippen LogP contribution >= 0.6 is 22.7 Å². The Balaban J connectivity index is 1.81. The van der Waals surface area contributed by atoms with Crippen molar-refractivity contribution < 1.29 is 13.6 Å². The molecule has 0 atom stereocenters. The molecule has 2 aromatic heterocycles. The number of carbonyl (C=O) groups is 1. The molecule has 0 unspecified atom stereocenters. The normalized spacial score (nSPS) is 11.0. The molecular formula is C16H15F2N3OS2. The molecule has 1 amide bonds. The number of aromatic nitrogens is 1. The summed E-state index contributed by atoms with van der Waals surface area (Å²) in [6.45, 7) is 5.87. The highest BCUT2D eigenvalue weighted by Gasteiger charge is 2.17. The fraction of sp³-hybridized carbons (Fsp3) is 0.250. The Kier molecular flexibility index (Phi) is 4.77. The Labute approximate surface area is 145 Å². The molecule has 0 spiro atoms. The molecule has 126 valence electrons. The van der Waals surface area contributed by atoms with Crippen LogP contribution in [0.4, 0.5) is 19.6 Å². The Morgan fingerprint density at radius 2 is 1.96 bits per heavy atom. The van der Waals surface area contributed by atoms with Gasteiger partial charge in [0.05, 0.1) is 15.3 Å². The number of fused-ring (bicyclic) bond motifs is 1. The molecule has 0 aliphatic heterocycles. The van der Waals surface area contributed by atoms with Gasteiger partial charge in [0, 0.05) is 19.2 Å². The van der Waals surface area contributed by atoms with Gasteiger partial charge >= 0.3 is 0 Å². The van der Waals surface area contributed by atoms with Crippen LogP contribution < -0.4 is 10.2 Å². The number of benzene rings is 1. The van der Waals surface area contributed by atoms with Gasteiger partial charge in [-0.1, -0.05) is 11.3 Å². The lowest BCUT2D eigenvalue weighted by atomic mass is 10.3. The summed E-state index contributed by atoms with van der Waals surface area (Å²) < 4.78 is 27.5. The fourth-order valence-corrected chi connectivity index (χ4v) is 4.47. The number of thiazole rings is 1. The number of rotatable bonds is 5. The van der Waals surface area contributed by atoms with Crippen LogP contribution in [0.2, 0.25) is 0 Å². The lowest BCUT2D eigenvalue weighted by molar-refractivity contribution is 0.103. The standard InChI is InChI=1S/C16H15F2N3OS2/c1-3-21(4-2)16-20-15-13(24-16)8-12(23-15)14(22)19-11-6-5-9(17)7-10(11)18/h5-8H,3-4H2,1-2H3,(H,19,22). The van der Waals surface area contributed by atoms with Crippen molar-refractivity contribution in [2.24, 2.45) is 0 Å². The lowest BCUT2D eigenvalue weighted by Gasteiger charge is -2.16. The third kappa shape index (κ3) is 3.25. The molecule has 3 rings (SSSR count). The van der Waals surface area contributed by atoms with Crippen LogP contribution in [0.3, 0.4) is 0 Å². The summed E-state index contributed by atoms with van der Waals surface area (Å²) in [7, 11) is 0. The van der Waals surface area contributed by atoms with E-state index in [9.17, 15) is 13.6 Å². The Bertz CT molecular complexity index is 855. The fourth-order valence-electron chi connectivity index (χ4n) is 2.24. The average molecular weight is 367 g/mol. The van der Waals surface area contributed by atoms with Crippen LogP contribution in [0.1, 0.15) is 23.5 Å². The number of thiophene rings is 1. The van der Waals surface area contributed by atoms with Gasteiger partial charge in [0.25, 0.3) is 5.91 Å². The zero-order valence-electron chi connectivity index (χ0n) is 13.1. The van der Waals surface area contributed by atoms with Gasteiger partial charge < -0.3 is 10.2 Å². The van der Waals surface area contributed by atoms with Crippen LogP contribution in [-0.4, -0.2) is 24.0 Å². The SMILES string of the molecule is CCN(CC)c1nc2sc(C(=O)Nc3ccc(F)cc3F)cc2s1. The summed E-state index contributed by atoms with van der Waals surface area (Å²) in [5.41, 5.74) is -0.0463. The smallest absolute Gasteiger partial charge is 0.265 e. The Hall–Kier alpha value is -2.06. The van der Waals surface area contributed by atoms with E-state index >= 15 is 0 Å².